The molecule has 15 heavy (non-hydrogen) atoms. The maximum absolute atomic E-state index is 13.6. The first kappa shape index (κ1) is 10.6. The van der Waals surface area contributed by atoms with Crippen molar-refractivity contribution in [1.29, 1.82) is 0 Å². The summed E-state index contributed by atoms with van der Waals surface area (Å²) in [4.78, 5) is 12.9. The summed E-state index contributed by atoms with van der Waals surface area (Å²) in [6.45, 7) is 3.96. The fraction of sp³-hybridized carbons (Fsp3) is 0.727. The van der Waals surface area contributed by atoms with Gasteiger partial charge < -0.3 is 5.11 Å². The Balaban J connectivity index is 2.36. The molecular weight excluding hydrogens is 197 g/mol. The molecule has 3 aliphatic heterocycles. The van der Waals surface area contributed by atoms with Gasteiger partial charge in [0.1, 0.15) is 0 Å². The van der Waals surface area contributed by atoms with Crippen molar-refractivity contribution in [2.45, 2.75) is 32.2 Å². The molecule has 3 fully saturated rings. The van der Waals surface area contributed by atoms with Crippen LogP contribution in [0.5, 0.6) is 0 Å². The second-order valence-electron chi connectivity index (χ2n) is 4.31. The van der Waals surface area contributed by atoms with Crippen LogP contribution < -0.4 is 0 Å². The zero-order valence-electron chi connectivity index (χ0n) is 8.87. The van der Waals surface area contributed by atoms with E-state index in [4.69, 9.17) is 5.11 Å². The summed E-state index contributed by atoms with van der Waals surface area (Å²) in [7, 11) is 0. The van der Waals surface area contributed by atoms with Crippen LogP contribution in [0.25, 0.3) is 0 Å². The quantitative estimate of drug-likeness (QED) is 0.711. The van der Waals surface area contributed by atoms with Crippen molar-refractivity contribution >= 4 is 5.97 Å². The van der Waals surface area contributed by atoms with Gasteiger partial charge >= 0.3 is 5.97 Å². The van der Waals surface area contributed by atoms with Gasteiger partial charge in [0.15, 0.2) is 0 Å². The van der Waals surface area contributed by atoms with Gasteiger partial charge in [0.2, 0.25) is 5.83 Å². The molecule has 0 saturated carbocycles. The molecule has 3 aliphatic rings. The number of carboxylic acids is 1. The SMILES string of the molecule is CCC1C(=C(F)C(=O)O)C2CCN1CC2. The lowest BCUT2D eigenvalue weighted by Crippen LogP contribution is -2.50. The Morgan fingerprint density at radius 1 is 1.53 bits per heavy atom. The van der Waals surface area contributed by atoms with Crippen molar-refractivity contribution in [2.75, 3.05) is 13.1 Å². The Morgan fingerprint density at radius 3 is 2.60 bits per heavy atom. The van der Waals surface area contributed by atoms with Crippen molar-refractivity contribution < 1.29 is 14.3 Å². The van der Waals surface area contributed by atoms with Crippen LogP contribution in [0.3, 0.4) is 0 Å². The predicted molar refractivity (Wildman–Crippen MR) is 54.1 cm³/mol. The molecule has 2 bridgehead atoms. The Labute approximate surface area is 88.6 Å². The predicted octanol–water partition coefficient (Wildman–Crippen LogP) is 1.80. The van der Waals surface area contributed by atoms with Crippen LogP contribution in [0.4, 0.5) is 4.39 Å². The molecule has 0 radical (unpaired) electrons. The average Bonchev–Trinajstić information content (AvgIpc) is 2.28. The van der Waals surface area contributed by atoms with Gasteiger partial charge in [-0.05, 0) is 43.8 Å². The van der Waals surface area contributed by atoms with Crippen LogP contribution >= 0.6 is 0 Å². The summed E-state index contributed by atoms with van der Waals surface area (Å²) >= 11 is 0. The summed E-state index contributed by atoms with van der Waals surface area (Å²) in [6.07, 6.45) is 2.62. The Kier molecular flexibility index (Phi) is 2.78. The van der Waals surface area contributed by atoms with Gasteiger partial charge in [0, 0.05) is 6.04 Å². The first-order chi connectivity index (χ1) is 7.15. The van der Waals surface area contributed by atoms with Crippen LogP contribution in [0.15, 0.2) is 11.4 Å². The van der Waals surface area contributed by atoms with Crippen molar-refractivity contribution in [2.24, 2.45) is 5.92 Å². The summed E-state index contributed by atoms with van der Waals surface area (Å²) in [5.41, 5.74) is 0.544. The number of fused-ring (bicyclic) bond motifs is 3. The van der Waals surface area contributed by atoms with Gasteiger partial charge in [-0.15, -0.1) is 0 Å². The minimum atomic E-state index is -1.41. The first-order valence-corrected chi connectivity index (χ1v) is 5.52. The Hall–Kier alpha value is -0.900. The highest BCUT2D eigenvalue weighted by molar-refractivity contribution is 5.85. The molecule has 1 atom stereocenters. The fourth-order valence-electron chi connectivity index (χ4n) is 2.92. The van der Waals surface area contributed by atoms with Gasteiger partial charge in [-0.25, -0.2) is 4.79 Å². The molecule has 84 valence electrons. The second kappa shape index (κ2) is 3.93. The van der Waals surface area contributed by atoms with Crippen LogP contribution in [0, 0.1) is 5.92 Å². The largest absolute Gasteiger partial charge is 0.476 e. The molecule has 4 heteroatoms. The monoisotopic (exact) mass is 213 g/mol. The third-order valence-electron chi connectivity index (χ3n) is 3.60. The van der Waals surface area contributed by atoms with E-state index in [1.54, 1.807) is 0 Å². The molecular formula is C11H16FNO2. The molecule has 3 rings (SSSR count). The number of hydrogen-bond acceptors (Lipinski definition) is 2. The van der Waals surface area contributed by atoms with E-state index in [9.17, 15) is 9.18 Å². The van der Waals surface area contributed by atoms with Crippen LogP contribution in [0.2, 0.25) is 0 Å². The number of halogens is 1. The fourth-order valence-corrected chi connectivity index (χ4v) is 2.92. The highest BCUT2D eigenvalue weighted by Crippen LogP contribution is 2.39. The molecule has 3 nitrogen and oxygen atoms in total. The Bertz CT molecular complexity index is 306. The normalized spacial score (nSPS) is 37.9. The van der Waals surface area contributed by atoms with Crippen molar-refractivity contribution in [1.82, 2.24) is 4.90 Å². The zero-order valence-corrected chi connectivity index (χ0v) is 8.87. The van der Waals surface area contributed by atoms with E-state index in [1.165, 1.54) is 0 Å². The van der Waals surface area contributed by atoms with E-state index in [2.05, 4.69) is 4.90 Å². The van der Waals surface area contributed by atoms with Crippen molar-refractivity contribution in [3.63, 3.8) is 0 Å². The summed E-state index contributed by atoms with van der Waals surface area (Å²) in [5, 5.41) is 8.72. The third-order valence-corrected chi connectivity index (χ3v) is 3.60. The lowest BCUT2D eigenvalue weighted by molar-refractivity contribution is -0.134. The van der Waals surface area contributed by atoms with Crippen molar-refractivity contribution in [3.05, 3.63) is 11.4 Å². The maximum Gasteiger partial charge on any atom is 0.364 e. The van der Waals surface area contributed by atoms with Crippen LogP contribution in [0.1, 0.15) is 26.2 Å². The molecule has 1 N–H and O–H groups in total. The van der Waals surface area contributed by atoms with E-state index in [-0.39, 0.29) is 12.0 Å². The zero-order chi connectivity index (χ0) is 11.0. The number of aliphatic carboxylic acids is 1. The lowest BCUT2D eigenvalue weighted by atomic mass is 9.77. The average molecular weight is 213 g/mol. The number of hydrogen-bond donors (Lipinski definition) is 1. The molecule has 0 aliphatic carbocycles. The van der Waals surface area contributed by atoms with Gasteiger partial charge in [-0.1, -0.05) is 6.92 Å². The number of rotatable bonds is 2. The van der Waals surface area contributed by atoms with Gasteiger partial charge in [0.05, 0.1) is 0 Å². The van der Waals surface area contributed by atoms with E-state index in [0.29, 0.717) is 5.57 Å². The van der Waals surface area contributed by atoms with E-state index >= 15 is 0 Å². The molecule has 0 aromatic carbocycles. The molecule has 1 unspecified atom stereocenters. The minimum Gasteiger partial charge on any atom is -0.476 e. The third kappa shape index (κ3) is 1.67. The maximum atomic E-state index is 13.6. The molecule has 0 amide bonds. The number of carbonyl (C=O) groups is 1. The second-order valence-corrected chi connectivity index (χ2v) is 4.31. The topological polar surface area (TPSA) is 40.5 Å². The molecule has 0 aromatic rings. The van der Waals surface area contributed by atoms with E-state index in [0.717, 1.165) is 32.4 Å². The Morgan fingerprint density at radius 2 is 2.13 bits per heavy atom. The molecule has 3 saturated heterocycles. The van der Waals surface area contributed by atoms with Gasteiger partial charge in [0.25, 0.3) is 0 Å². The highest BCUT2D eigenvalue weighted by Gasteiger charge is 2.40. The highest BCUT2D eigenvalue weighted by atomic mass is 19.1. The number of piperidine rings is 3. The van der Waals surface area contributed by atoms with E-state index < -0.39 is 11.8 Å². The number of carboxylic acid groups (broad SMARTS) is 1. The van der Waals surface area contributed by atoms with Crippen LogP contribution in [-0.4, -0.2) is 35.1 Å². The lowest BCUT2D eigenvalue weighted by Gasteiger charge is -2.47. The summed E-state index contributed by atoms with van der Waals surface area (Å²) < 4.78 is 13.6. The van der Waals surface area contributed by atoms with Gasteiger partial charge in [-0.3, -0.25) is 4.90 Å². The molecule has 0 aromatic heterocycles. The minimum absolute atomic E-state index is 0.0219. The number of nitrogens with zero attached hydrogens (tertiary/aromatic N) is 1. The summed E-state index contributed by atoms with van der Waals surface area (Å²) in [6, 6.07) is 0.0219. The smallest absolute Gasteiger partial charge is 0.364 e. The summed E-state index contributed by atoms with van der Waals surface area (Å²) in [5.74, 6) is -2.15. The van der Waals surface area contributed by atoms with Gasteiger partial charge in [-0.2, -0.15) is 4.39 Å². The molecule has 3 heterocycles. The van der Waals surface area contributed by atoms with E-state index in [1.807, 2.05) is 6.92 Å². The first-order valence-electron chi connectivity index (χ1n) is 5.52. The van der Waals surface area contributed by atoms with Crippen molar-refractivity contribution in [3.8, 4) is 0 Å². The molecule has 0 spiro atoms. The van der Waals surface area contributed by atoms with Crippen LogP contribution in [-0.2, 0) is 4.79 Å². The standard InChI is InChI=1S/C11H16FNO2/c1-2-8-9(10(12)11(14)15)7-3-5-13(8)6-4-7/h7-8H,2-6H2,1H3,(H,14,15).